The van der Waals surface area contributed by atoms with Crippen LogP contribution in [-0.4, -0.2) is 37.2 Å². The second kappa shape index (κ2) is 14.4. The van der Waals surface area contributed by atoms with E-state index in [9.17, 15) is 18.8 Å². The number of halogens is 1. The van der Waals surface area contributed by atoms with Gasteiger partial charge < -0.3 is 24.8 Å². The Labute approximate surface area is 221 Å². The van der Waals surface area contributed by atoms with E-state index in [1.165, 1.54) is 12.1 Å². The quantitative estimate of drug-likeness (QED) is 0.336. The monoisotopic (exact) mass is 522 g/mol. The SMILES string of the molecule is CC(C)COc1cc(F)cc(C(=O)NC[C@@H](NC(=O)OCc2ccccc2)C(=O)OCc2ccccc2)c1. The molecule has 2 amide bonds. The van der Waals surface area contributed by atoms with Gasteiger partial charge in [0.2, 0.25) is 0 Å². The van der Waals surface area contributed by atoms with Gasteiger partial charge in [-0.2, -0.15) is 0 Å². The first-order chi connectivity index (χ1) is 18.3. The van der Waals surface area contributed by atoms with Gasteiger partial charge >= 0.3 is 12.1 Å². The summed E-state index contributed by atoms with van der Waals surface area (Å²) in [6.07, 6.45) is -0.861. The Hall–Kier alpha value is -4.40. The van der Waals surface area contributed by atoms with Crippen molar-refractivity contribution in [3.05, 3.63) is 101 Å². The van der Waals surface area contributed by atoms with Gasteiger partial charge in [0.05, 0.1) is 6.61 Å². The van der Waals surface area contributed by atoms with Crippen LogP contribution >= 0.6 is 0 Å². The third-order valence-electron chi connectivity index (χ3n) is 5.20. The van der Waals surface area contributed by atoms with Crippen LogP contribution in [-0.2, 0) is 27.5 Å². The number of hydrogen-bond acceptors (Lipinski definition) is 6. The fourth-order valence-electron chi connectivity index (χ4n) is 3.27. The van der Waals surface area contributed by atoms with E-state index in [1.807, 2.05) is 38.1 Å². The molecule has 0 aliphatic carbocycles. The van der Waals surface area contributed by atoms with Crippen molar-refractivity contribution in [2.24, 2.45) is 5.92 Å². The van der Waals surface area contributed by atoms with Crippen LogP contribution in [0.3, 0.4) is 0 Å². The normalized spacial score (nSPS) is 11.4. The van der Waals surface area contributed by atoms with Crippen molar-refractivity contribution in [1.29, 1.82) is 0 Å². The third kappa shape index (κ3) is 9.57. The highest BCUT2D eigenvalue weighted by molar-refractivity contribution is 5.95. The summed E-state index contributed by atoms with van der Waals surface area (Å²) in [6.45, 7) is 3.91. The topological polar surface area (TPSA) is 103 Å². The van der Waals surface area contributed by atoms with Gasteiger partial charge in [-0.3, -0.25) is 4.79 Å². The molecule has 0 radical (unpaired) electrons. The minimum Gasteiger partial charge on any atom is -0.493 e. The number of carbonyl (C=O) groups is 3. The number of hydrogen-bond donors (Lipinski definition) is 2. The second-order valence-corrected chi connectivity index (χ2v) is 8.94. The van der Waals surface area contributed by atoms with Gasteiger partial charge in [0.25, 0.3) is 5.91 Å². The molecule has 200 valence electrons. The Kier molecular flexibility index (Phi) is 10.7. The first-order valence-electron chi connectivity index (χ1n) is 12.2. The number of esters is 1. The molecule has 9 heteroatoms. The zero-order valence-electron chi connectivity index (χ0n) is 21.3. The minimum absolute atomic E-state index is 0.00631. The van der Waals surface area contributed by atoms with E-state index in [4.69, 9.17) is 14.2 Å². The lowest BCUT2D eigenvalue weighted by molar-refractivity contribution is -0.147. The smallest absolute Gasteiger partial charge is 0.408 e. The van der Waals surface area contributed by atoms with Gasteiger partial charge in [0.1, 0.15) is 30.8 Å². The molecule has 2 N–H and O–H groups in total. The summed E-state index contributed by atoms with van der Waals surface area (Å²) in [5, 5.41) is 4.98. The summed E-state index contributed by atoms with van der Waals surface area (Å²) < 4.78 is 30.2. The molecule has 38 heavy (non-hydrogen) atoms. The summed E-state index contributed by atoms with van der Waals surface area (Å²) in [5.74, 6) is -1.64. The van der Waals surface area contributed by atoms with Crippen LogP contribution in [0.1, 0.15) is 35.3 Å². The summed E-state index contributed by atoms with van der Waals surface area (Å²) in [4.78, 5) is 38.0. The summed E-state index contributed by atoms with van der Waals surface area (Å²) in [7, 11) is 0. The maximum Gasteiger partial charge on any atom is 0.408 e. The number of carbonyl (C=O) groups excluding carboxylic acids is 3. The molecule has 3 aromatic rings. The molecule has 0 fully saturated rings. The van der Waals surface area contributed by atoms with E-state index >= 15 is 0 Å². The number of ether oxygens (including phenoxy) is 3. The van der Waals surface area contributed by atoms with E-state index in [1.54, 1.807) is 36.4 Å². The number of rotatable bonds is 12. The molecule has 3 rings (SSSR count). The van der Waals surface area contributed by atoms with Crippen molar-refractivity contribution >= 4 is 18.0 Å². The first-order valence-corrected chi connectivity index (χ1v) is 12.2. The Bertz CT molecular complexity index is 1200. The van der Waals surface area contributed by atoms with Gasteiger partial charge in [-0.15, -0.1) is 0 Å². The maximum atomic E-state index is 14.1. The van der Waals surface area contributed by atoms with Gasteiger partial charge in [0, 0.05) is 18.2 Å². The molecular formula is C29H31FN2O6. The molecule has 0 saturated heterocycles. The maximum absolute atomic E-state index is 14.1. The summed E-state index contributed by atoms with van der Waals surface area (Å²) in [6, 6.07) is 20.4. The largest absolute Gasteiger partial charge is 0.493 e. The standard InChI is InChI=1S/C29H31FN2O6/c1-20(2)17-36-25-14-23(13-24(30)15-25)27(33)31-16-26(28(34)37-18-21-9-5-3-6-10-21)32-29(35)38-19-22-11-7-4-8-12-22/h3-15,20,26H,16-19H2,1-2H3,(H,31,33)(H,32,35)/t26-/m1/s1. The van der Waals surface area contributed by atoms with Crippen LogP contribution in [0, 0.1) is 11.7 Å². The molecule has 3 aromatic carbocycles. The molecule has 1 atom stereocenters. The third-order valence-corrected chi connectivity index (χ3v) is 5.20. The average molecular weight is 523 g/mol. The Morgan fingerprint density at radius 1 is 0.842 bits per heavy atom. The predicted molar refractivity (Wildman–Crippen MR) is 139 cm³/mol. The zero-order valence-corrected chi connectivity index (χ0v) is 21.3. The molecule has 0 unspecified atom stereocenters. The first kappa shape index (κ1) is 28.2. The molecule has 0 heterocycles. The number of benzene rings is 3. The lowest BCUT2D eigenvalue weighted by Gasteiger charge is -2.18. The van der Waals surface area contributed by atoms with E-state index in [0.29, 0.717) is 6.61 Å². The summed E-state index contributed by atoms with van der Waals surface area (Å²) in [5.41, 5.74) is 1.52. The number of alkyl carbamates (subject to hydrolysis) is 1. The Balaban J connectivity index is 1.64. The molecular weight excluding hydrogens is 491 g/mol. The van der Waals surface area contributed by atoms with Crippen molar-refractivity contribution in [2.75, 3.05) is 13.2 Å². The highest BCUT2D eigenvalue weighted by Crippen LogP contribution is 2.17. The molecule has 0 bridgehead atoms. The molecule has 0 spiro atoms. The van der Waals surface area contributed by atoms with Gasteiger partial charge in [-0.05, 0) is 29.2 Å². The fraction of sp³-hybridized carbons (Fsp3) is 0.276. The number of nitrogens with one attached hydrogen (secondary N) is 2. The molecule has 0 saturated carbocycles. The predicted octanol–water partition coefficient (Wildman–Crippen LogP) is 4.63. The van der Waals surface area contributed by atoms with E-state index in [-0.39, 0.29) is 37.0 Å². The van der Waals surface area contributed by atoms with Crippen LogP contribution in [0.4, 0.5) is 9.18 Å². The van der Waals surface area contributed by atoms with E-state index in [2.05, 4.69) is 10.6 Å². The summed E-state index contributed by atoms with van der Waals surface area (Å²) >= 11 is 0. The van der Waals surface area contributed by atoms with E-state index < -0.39 is 29.8 Å². The van der Waals surface area contributed by atoms with Crippen LogP contribution in [0.2, 0.25) is 0 Å². The molecule has 0 aliphatic heterocycles. The van der Waals surface area contributed by atoms with E-state index in [0.717, 1.165) is 17.2 Å². The van der Waals surface area contributed by atoms with Crippen LogP contribution in [0.25, 0.3) is 0 Å². The van der Waals surface area contributed by atoms with Crippen LogP contribution < -0.4 is 15.4 Å². The van der Waals surface area contributed by atoms with Crippen molar-refractivity contribution in [3.63, 3.8) is 0 Å². The average Bonchev–Trinajstić information content (AvgIpc) is 2.92. The van der Waals surface area contributed by atoms with Crippen molar-refractivity contribution < 1.29 is 33.0 Å². The van der Waals surface area contributed by atoms with Crippen molar-refractivity contribution in [1.82, 2.24) is 10.6 Å². The van der Waals surface area contributed by atoms with Gasteiger partial charge in [0.15, 0.2) is 0 Å². The van der Waals surface area contributed by atoms with Gasteiger partial charge in [-0.25, -0.2) is 14.0 Å². The lowest BCUT2D eigenvalue weighted by Crippen LogP contribution is -2.49. The van der Waals surface area contributed by atoms with Crippen molar-refractivity contribution in [2.45, 2.75) is 33.1 Å². The van der Waals surface area contributed by atoms with Crippen LogP contribution in [0.15, 0.2) is 78.9 Å². The fourth-order valence-corrected chi connectivity index (χ4v) is 3.27. The molecule has 8 nitrogen and oxygen atoms in total. The molecule has 0 aliphatic rings. The molecule has 0 aromatic heterocycles. The highest BCUT2D eigenvalue weighted by Gasteiger charge is 2.24. The zero-order chi connectivity index (χ0) is 27.3. The van der Waals surface area contributed by atoms with Crippen molar-refractivity contribution in [3.8, 4) is 5.75 Å². The van der Waals surface area contributed by atoms with Crippen LogP contribution in [0.5, 0.6) is 5.75 Å². The Morgan fingerprint density at radius 2 is 1.45 bits per heavy atom. The lowest BCUT2D eigenvalue weighted by atomic mass is 10.2. The minimum atomic E-state index is -1.25. The van der Waals surface area contributed by atoms with Gasteiger partial charge in [-0.1, -0.05) is 74.5 Å². The second-order valence-electron chi connectivity index (χ2n) is 8.94. The Morgan fingerprint density at radius 3 is 2.05 bits per heavy atom. The number of amides is 2. The highest BCUT2D eigenvalue weighted by atomic mass is 19.1.